The average Bonchev–Trinajstić information content (AvgIpc) is 3.25. The van der Waals surface area contributed by atoms with E-state index in [1.54, 1.807) is 13.8 Å². The molecule has 4 aromatic rings. The third kappa shape index (κ3) is 5.28. The molecule has 1 saturated heterocycles. The highest BCUT2D eigenvalue weighted by Crippen LogP contribution is 2.44. The highest BCUT2D eigenvalue weighted by atomic mass is 79.9. The number of cyclic esters (lactones) is 2. The number of esters is 2. The van der Waals surface area contributed by atoms with Crippen molar-refractivity contribution in [3.63, 3.8) is 0 Å². The van der Waals surface area contributed by atoms with Crippen molar-refractivity contribution in [2.24, 2.45) is 5.92 Å². The minimum absolute atomic E-state index is 0.329. The minimum atomic E-state index is -1.32. The van der Waals surface area contributed by atoms with E-state index in [4.69, 9.17) is 25.8 Å². The highest BCUT2D eigenvalue weighted by molar-refractivity contribution is 9.11. The zero-order chi connectivity index (χ0) is 26.3. The second kappa shape index (κ2) is 10.2. The van der Waals surface area contributed by atoms with E-state index < -0.39 is 29.6 Å². The Morgan fingerprint density at radius 1 is 1.00 bits per heavy atom. The standard InChI is InChI=1S/C28H22Br2ClNO5/c1-28(2)36-26(33)24(27(34)37-28)23(19-13-32-22-6-4-3-5-18(19)22)16-11-20(29)25(21(30)12-16)35-14-15-7-9-17(31)10-8-15/h3-13,23-24,32H,14H2,1-2H3/t23-/m1/s1. The molecule has 3 aromatic carbocycles. The number of para-hydroxylation sites is 1. The monoisotopic (exact) mass is 645 g/mol. The topological polar surface area (TPSA) is 77.6 Å². The smallest absolute Gasteiger partial charge is 0.324 e. The van der Waals surface area contributed by atoms with Gasteiger partial charge in [0.1, 0.15) is 12.4 Å². The number of benzene rings is 3. The number of hydrogen-bond acceptors (Lipinski definition) is 5. The van der Waals surface area contributed by atoms with E-state index in [0.717, 1.165) is 22.0 Å². The van der Waals surface area contributed by atoms with Gasteiger partial charge < -0.3 is 19.2 Å². The number of H-pyrrole nitrogens is 1. The molecule has 0 aliphatic carbocycles. The van der Waals surface area contributed by atoms with Gasteiger partial charge in [-0.1, -0.05) is 41.9 Å². The first-order chi connectivity index (χ1) is 17.6. The predicted octanol–water partition coefficient (Wildman–Crippen LogP) is 7.51. The summed E-state index contributed by atoms with van der Waals surface area (Å²) in [6.45, 7) is 3.41. The molecular formula is C28H22Br2ClNO5. The Balaban J connectivity index is 1.56. The average molecular weight is 648 g/mol. The fraction of sp³-hybridized carbons (Fsp3) is 0.214. The van der Waals surface area contributed by atoms with E-state index in [1.807, 2.05) is 66.9 Å². The summed E-state index contributed by atoms with van der Waals surface area (Å²) in [5, 5.41) is 1.55. The quantitative estimate of drug-likeness (QED) is 0.173. The third-order valence-corrected chi connectivity index (χ3v) is 7.60. The number of fused-ring (bicyclic) bond motifs is 1. The van der Waals surface area contributed by atoms with E-state index in [0.29, 0.717) is 31.9 Å². The van der Waals surface area contributed by atoms with Crippen LogP contribution in [0.5, 0.6) is 5.75 Å². The number of rotatable bonds is 6. The van der Waals surface area contributed by atoms with Crippen molar-refractivity contribution >= 4 is 66.3 Å². The van der Waals surface area contributed by atoms with Crippen molar-refractivity contribution < 1.29 is 23.8 Å². The maximum absolute atomic E-state index is 13.2. The van der Waals surface area contributed by atoms with Crippen LogP contribution in [0.4, 0.5) is 0 Å². The predicted molar refractivity (Wildman–Crippen MR) is 148 cm³/mol. The van der Waals surface area contributed by atoms with Crippen molar-refractivity contribution in [3.05, 3.63) is 97.5 Å². The molecule has 0 unspecified atom stereocenters. The molecule has 1 aliphatic rings. The molecule has 9 heteroatoms. The van der Waals surface area contributed by atoms with Crippen LogP contribution in [0.1, 0.15) is 36.5 Å². The number of halogens is 3. The van der Waals surface area contributed by atoms with Crippen LogP contribution >= 0.6 is 43.5 Å². The van der Waals surface area contributed by atoms with Gasteiger partial charge in [-0.2, -0.15) is 0 Å². The number of hydrogen-bond donors (Lipinski definition) is 1. The molecule has 1 fully saturated rings. The van der Waals surface area contributed by atoms with Gasteiger partial charge in [-0.05, 0) is 78.9 Å². The Bertz CT molecular complexity index is 1460. The van der Waals surface area contributed by atoms with Crippen LogP contribution in [0.25, 0.3) is 10.9 Å². The van der Waals surface area contributed by atoms with Gasteiger partial charge in [0.05, 0.1) is 8.95 Å². The van der Waals surface area contributed by atoms with E-state index in [-0.39, 0.29) is 0 Å². The van der Waals surface area contributed by atoms with Crippen molar-refractivity contribution in [2.45, 2.75) is 32.2 Å². The lowest BCUT2D eigenvalue weighted by molar-refractivity contribution is -0.240. The molecule has 0 spiro atoms. The number of carbonyl (C=O) groups excluding carboxylic acids is 2. The fourth-order valence-electron chi connectivity index (χ4n) is 4.54. The Morgan fingerprint density at radius 3 is 2.27 bits per heavy atom. The lowest BCUT2D eigenvalue weighted by Crippen LogP contribution is -2.48. The summed E-state index contributed by atoms with van der Waals surface area (Å²) in [4.78, 5) is 29.6. The molecule has 1 N–H and O–H groups in total. The number of ether oxygens (including phenoxy) is 3. The Labute approximate surface area is 235 Å². The first kappa shape index (κ1) is 25.8. The summed E-state index contributed by atoms with van der Waals surface area (Å²) in [6.07, 6.45) is 1.82. The summed E-state index contributed by atoms with van der Waals surface area (Å²) < 4.78 is 18.4. The van der Waals surface area contributed by atoms with Gasteiger partial charge in [0, 0.05) is 41.9 Å². The van der Waals surface area contributed by atoms with Crippen molar-refractivity contribution in [2.75, 3.05) is 0 Å². The molecule has 5 rings (SSSR count). The molecule has 190 valence electrons. The summed E-state index contributed by atoms with van der Waals surface area (Å²) in [5.41, 5.74) is 3.34. The van der Waals surface area contributed by atoms with Crippen molar-refractivity contribution in [1.82, 2.24) is 4.98 Å². The van der Waals surface area contributed by atoms with Crippen LogP contribution < -0.4 is 4.74 Å². The maximum atomic E-state index is 13.2. The maximum Gasteiger partial charge on any atom is 0.324 e. The lowest BCUT2D eigenvalue weighted by atomic mass is 9.80. The molecule has 0 bridgehead atoms. The molecule has 6 nitrogen and oxygen atoms in total. The molecule has 0 saturated carbocycles. The van der Waals surface area contributed by atoms with E-state index in [2.05, 4.69) is 36.8 Å². The minimum Gasteiger partial charge on any atom is -0.487 e. The van der Waals surface area contributed by atoms with Crippen LogP contribution in [-0.2, 0) is 25.7 Å². The van der Waals surface area contributed by atoms with E-state index in [1.165, 1.54) is 0 Å². The lowest BCUT2D eigenvalue weighted by Gasteiger charge is -2.36. The van der Waals surface area contributed by atoms with Crippen LogP contribution in [0, 0.1) is 5.92 Å². The first-order valence-corrected chi connectivity index (χ1v) is 13.5. The van der Waals surface area contributed by atoms with Crippen LogP contribution in [-0.4, -0.2) is 22.7 Å². The Hall–Kier alpha value is -2.81. The number of aromatic amines is 1. The van der Waals surface area contributed by atoms with Crippen molar-refractivity contribution in [1.29, 1.82) is 0 Å². The van der Waals surface area contributed by atoms with Gasteiger partial charge in [0.15, 0.2) is 5.92 Å². The molecule has 1 atom stereocenters. The summed E-state index contributed by atoms with van der Waals surface area (Å²) >= 11 is 13.2. The molecule has 1 aliphatic heterocycles. The third-order valence-electron chi connectivity index (χ3n) is 6.17. The van der Waals surface area contributed by atoms with Gasteiger partial charge in [-0.15, -0.1) is 0 Å². The number of nitrogens with one attached hydrogen (secondary N) is 1. The zero-order valence-corrected chi connectivity index (χ0v) is 23.8. The van der Waals surface area contributed by atoms with Gasteiger partial charge in [-0.25, -0.2) is 0 Å². The molecule has 1 aromatic heterocycles. The van der Waals surface area contributed by atoms with Gasteiger partial charge in [0.25, 0.3) is 5.79 Å². The van der Waals surface area contributed by atoms with Crippen LogP contribution in [0.3, 0.4) is 0 Å². The number of aromatic nitrogens is 1. The Kier molecular flexibility index (Phi) is 7.09. The first-order valence-electron chi connectivity index (χ1n) is 11.5. The van der Waals surface area contributed by atoms with Gasteiger partial charge in [0.2, 0.25) is 0 Å². The zero-order valence-electron chi connectivity index (χ0n) is 19.9. The molecular weight excluding hydrogens is 626 g/mol. The van der Waals surface area contributed by atoms with E-state index in [9.17, 15) is 9.59 Å². The highest BCUT2D eigenvalue weighted by Gasteiger charge is 2.48. The summed E-state index contributed by atoms with van der Waals surface area (Å²) in [6, 6.07) is 18.8. The normalized spacial score (nSPS) is 16.4. The Morgan fingerprint density at radius 2 is 1.62 bits per heavy atom. The second-order valence-corrected chi connectivity index (χ2v) is 11.4. The second-order valence-electron chi connectivity index (χ2n) is 9.22. The molecule has 0 radical (unpaired) electrons. The van der Waals surface area contributed by atoms with Crippen LogP contribution in [0.15, 0.2) is 75.8 Å². The molecule has 37 heavy (non-hydrogen) atoms. The molecule has 0 amide bonds. The largest absolute Gasteiger partial charge is 0.487 e. The van der Waals surface area contributed by atoms with Crippen molar-refractivity contribution in [3.8, 4) is 5.75 Å². The fourth-order valence-corrected chi connectivity index (χ4v) is 6.11. The van der Waals surface area contributed by atoms with E-state index >= 15 is 0 Å². The SMILES string of the molecule is CC1(C)OC(=O)C([C@H](c2cc(Br)c(OCc3ccc(Cl)cc3)c(Br)c2)c2c[nH]c3ccccc23)C(=O)O1. The summed E-state index contributed by atoms with van der Waals surface area (Å²) in [5.74, 6) is -3.86. The van der Waals surface area contributed by atoms with Gasteiger partial charge >= 0.3 is 11.9 Å². The van der Waals surface area contributed by atoms with Gasteiger partial charge in [-0.3, -0.25) is 9.59 Å². The summed E-state index contributed by atoms with van der Waals surface area (Å²) in [7, 11) is 0. The number of carbonyl (C=O) groups is 2. The molecule has 2 heterocycles. The van der Waals surface area contributed by atoms with Crippen LogP contribution in [0.2, 0.25) is 5.02 Å².